The topological polar surface area (TPSA) is 41.1 Å². The molecule has 2 rings (SSSR count). The summed E-state index contributed by atoms with van der Waals surface area (Å²) in [6.45, 7) is 6.34. The Morgan fingerprint density at radius 2 is 1.75 bits per heavy atom. The zero-order valence-electron chi connectivity index (χ0n) is 12.3. The number of amides is 1. The van der Waals surface area contributed by atoms with Crippen LogP contribution in [0.1, 0.15) is 32.4 Å². The second kappa shape index (κ2) is 6.53. The number of carbonyl (C=O) groups excluding carboxylic acids is 1. The number of benzene rings is 2. The molecule has 2 aromatic rings. The fraction of sp³-hybridized carbons (Fsp3) is 0.353. The first-order valence-electron chi connectivity index (χ1n) is 7.07. The van der Waals surface area contributed by atoms with Crippen LogP contribution in [0.25, 0.3) is 10.8 Å². The highest BCUT2D eigenvalue weighted by Crippen LogP contribution is 2.19. The van der Waals surface area contributed by atoms with E-state index in [-0.39, 0.29) is 18.0 Å². The van der Waals surface area contributed by atoms with E-state index in [1.807, 2.05) is 26.0 Å². The lowest BCUT2D eigenvalue weighted by atomic mass is 10.0. The third-order valence-electron chi connectivity index (χ3n) is 3.29. The van der Waals surface area contributed by atoms with Gasteiger partial charge in [-0.15, -0.1) is 0 Å². The van der Waals surface area contributed by atoms with Crippen molar-refractivity contribution in [2.24, 2.45) is 0 Å². The van der Waals surface area contributed by atoms with Crippen molar-refractivity contribution in [3.8, 4) is 0 Å². The van der Waals surface area contributed by atoms with Crippen LogP contribution in [0.3, 0.4) is 0 Å². The fourth-order valence-corrected chi connectivity index (χ4v) is 2.21. The van der Waals surface area contributed by atoms with Gasteiger partial charge in [0.1, 0.15) is 0 Å². The quantitative estimate of drug-likeness (QED) is 0.877. The Morgan fingerprint density at radius 3 is 2.45 bits per heavy atom. The van der Waals surface area contributed by atoms with E-state index < -0.39 is 0 Å². The van der Waals surface area contributed by atoms with Crippen LogP contribution in [0.15, 0.2) is 42.5 Å². The summed E-state index contributed by atoms with van der Waals surface area (Å²) in [6.07, 6.45) is 0. The van der Waals surface area contributed by atoms with Crippen LogP contribution >= 0.6 is 0 Å². The van der Waals surface area contributed by atoms with E-state index in [1.165, 1.54) is 16.3 Å². The highest BCUT2D eigenvalue weighted by molar-refractivity contribution is 5.83. The Balaban J connectivity index is 2.00. The molecule has 3 nitrogen and oxygen atoms in total. The van der Waals surface area contributed by atoms with Crippen molar-refractivity contribution in [2.75, 3.05) is 6.54 Å². The van der Waals surface area contributed by atoms with Crippen molar-refractivity contribution in [1.29, 1.82) is 0 Å². The summed E-state index contributed by atoms with van der Waals surface area (Å²) in [4.78, 5) is 11.6. The second-order valence-corrected chi connectivity index (χ2v) is 5.43. The third kappa shape index (κ3) is 3.81. The van der Waals surface area contributed by atoms with Gasteiger partial charge in [0.15, 0.2) is 0 Å². The Bertz CT molecular complexity index is 592. The SMILES string of the molecule is CC(C)NC(=O)CN[C@H](C)c1ccc2ccccc2c1. The van der Waals surface area contributed by atoms with E-state index in [9.17, 15) is 4.79 Å². The van der Waals surface area contributed by atoms with Gasteiger partial charge in [0, 0.05) is 12.1 Å². The molecule has 2 N–H and O–H groups in total. The Kier molecular flexibility index (Phi) is 4.74. The summed E-state index contributed by atoms with van der Waals surface area (Å²) in [5, 5.41) is 8.60. The molecule has 0 heterocycles. The number of hydrogen-bond donors (Lipinski definition) is 2. The van der Waals surface area contributed by atoms with Gasteiger partial charge in [-0.05, 0) is 43.2 Å². The fourth-order valence-electron chi connectivity index (χ4n) is 2.21. The second-order valence-electron chi connectivity index (χ2n) is 5.43. The Hall–Kier alpha value is -1.87. The highest BCUT2D eigenvalue weighted by atomic mass is 16.1. The molecule has 0 radical (unpaired) electrons. The molecule has 0 aliphatic carbocycles. The lowest BCUT2D eigenvalue weighted by molar-refractivity contribution is -0.120. The van der Waals surface area contributed by atoms with Gasteiger partial charge in [-0.3, -0.25) is 4.79 Å². The normalized spacial score (nSPS) is 12.6. The molecule has 0 saturated carbocycles. The molecule has 106 valence electrons. The van der Waals surface area contributed by atoms with Crippen molar-refractivity contribution in [3.63, 3.8) is 0 Å². The first-order chi connectivity index (χ1) is 9.56. The molecule has 0 bridgehead atoms. The Labute approximate surface area is 120 Å². The van der Waals surface area contributed by atoms with Crippen molar-refractivity contribution >= 4 is 16.7 Å². The van der Waals surface area contributed by atoms with Crippen molar-refractivity contribution in [1.82, 2.24) is 10.6 Å². The van der Waals surface area contributed by atoms with Crippen LogP contribution in [-0.2, 0) is 4.79 Å². The molecule has 0 aliphatic heterocycles. The van der Waals surface area contributed by atoms with E-state index in [4.69, 9.17) is 0 Å². The molecular formula is C17H22N2O. The van der Waals surface area contributed by atoms with E-state index in [2.05, 4.69) is 47.9 Å². The predicted molar refractivity (Wildman–Crippen MR) is 83.6 cm³/mol. The average molecular weight is 270 g/mol. The summed E-state index contributed by atoms with van der Waals surface area (Å²) in [6, 6.07) is 15.0. The van der Waals surface area contributed by atoms with Crippen LogP contribution in [0, 0.1) is 0 Å². The van der Waals surface area contributed by atoms with Crippen molar-refractivity contribution < 1.29 is 4.79 Å². The summed E-state index contributed by atoms with van der Waals surface area (Å²) >= 11 is 0. The van der Waals surface area contributed by atoms with Gasteiger partial charge in [0.25, 0.3) is 0 Å². The molecule has 0 aromatic heterocycles. The molecule has 0 spiro atoms. The zero-order chi connectivity index (χ0) is 14.5. The minimum atomic E-state index is 0.0349. The maximum absolute atomic E-state index is 11.6. The third-order valence-corrected chi connectivity index (χ3v) is 3.29. The summed E-state index contributed by atoms with van der Waals surface area (Å²) in [5.74, 6) is 0.0349. The first-order valence-corrected chi connectivity index (χ1v) is 7.07. The van der Waals surface area contributed by atoms with Gasteiger partial charge >= 0.3 is 0 Å². The van der Waals surface area contributed by atoms with Gasteiger partial charge in [-0.1, -0.05) is 36.4 Å². The largest absolute Gasteiger partial charge is 0.353 e. The molecular weight excluding hydrogens is 248 g/mol. The number of hydrogen-bond acceptors (Lipinski definition) is 2. The maximum atomic E-state index is 11.6. The van der Waals surface area contributed by atoms with Crippen LogP contribution < -0.4 is 10.6 Å². The van der Waals surface area contributed by atoms with Gasteiger partial charge in [-0.25, -0.2) is 0 Å². The Morgan fingerprint density at radius 1 is 1.05 bits per heavy atom. The standard InChI is InChI=1S/C17H22N2O/c1-12(2)19-17(20)11-18-13(3)15-9-8-14-6-4-5-7-16(14)10-15/h4-10,12-13,18H,11H2,1-3H3,(H,19,20)/t13-/m1/s1. The lowest BCUT2D eigenvalue weighted by Crippen LogP contribution is -2.38. The van der Waals surface area contributed by atoms with Crippen molar-refractivity contribution in [3.05, 3.63) is 48.0 Å². The van der Waals surface area contributed by atoms with E-state index in [0.717, 1.165) is 0 Å². The smallest absolute Gasteiger partial charge is 0.234 e. The molecule has 20 heavy (non-hydrogen) atoms. The summed E-state index contributed by atoms with van der Waals surface area (Å²) in [7, 11) is 0. The molecule has 2 aromatic carbocycles. The zero-order valence-corrected chi connectivity index (χ0v) is 12.3. The van der Waals surface area contributed by atoms with Gasteiger partial charge in [0.2, 0.25) is 5.91 Å². The van der Waals surface area contributed by atoms with E-state index in [0.29, 0.717) is 6.54 Å². The van der Waals surface area contributed by atoms with Gasteiger partial charge in [-0.2, -0.15) is 0 Å². The van der Waals surface area contributed by atoms with Crippen LogP contribution in [0.5, 0.6) is 0 Å². The molecule has 0 fully saturated rings. The van der Waals surface area contributed by atoms with Crippen LogP contribution in [0.2, 0.25) is 0 Å². The minimum Gasteiger partial charge on any atom is -0.353 e. The monoisotopic (exact) mass is 270 g/mol. The van der Waals surface area contributed by atoms with Crippen LogP contribution in [-0.4, -0.2) is 18.5 Å². The molecule has 0 aliphatic rings. The highest BCUT2D eigenvalue weighted by Gasteiger charge is 2.08. The first kappa shape index (κ1) is 14.5. The summed E-state index contributed by atoms with van der Waals surface area (Å²) in [5.41, 5.74) is 1.20. The molecule has 0 unspecified atom stereocenters. The average Bonchev–Trinajstić information content (AvgIpc) is 2.43. The maximum Gasteiger partial charge on any atom is 0.234 e. The van der Waals surface area contributed by atoms with E-state index >= 15 is 0 Å². The molecule has 1 atom stereocenters. The van der Waals surface area contributed by atoms with Crippen molar-refractivity contribution in [2.45, 2.75) is 32.9 Å². The number of fused-ring (bicyclic) bond motifs is 1. The number of carbonyl (C=O) groups is 1. The molecule has 1 amide bonds. The predicted octanol–water partition coefficient (Wildman–Crippen LogP) is 3.02. The van der Waals surface area contributed by atoms with E-state index in [1.54, 1.807) is 0 Å². The molecule has 0 saturated heterocycles. The summed E-state index contributed by atoms with van der Waals surface area (Å²) < 4.78 is 0. The number of nitrogens with one attached hydrogen (secondary N) is 2. The van der Waals surface area contributed by atoms with Crippen LogP contribution in [0.4, 0.5) is 0 Å². The lowest BCUT2D eigenvalue weighted by Gasteiger charge is -2.15. The minimum absolute atomic E-state index is 0.0349. The van der Waals surface area contributed by atoms with Gasteiger partial charge < -0.3 is 10.6 Å². The number of rotatable bonds is 5. The molecule has 3 heteroatoms. The van der Waals surface area contributed by atoms with Gasteiger partial charge in [0.05, 0.1) is 6.54 Å².